The quantitative estimate of drug-likeness (QED) is 0.883. The minimum absolute atomic E-state index is 0.503. The van der Waals surface area contributed by atoms with Crippen molar-refractivity contribution < 1.29 is 4.74 Å². The number of ether oxygens (including phenoxy) is 1. The molecule has 0 aromatic heterocycles. The third-order valence-electron chi connectivity index (χ3n) is 5.09. The molecule has 3 rings (SSSR count). The molecular weight excluding hydrogens is 246 g/mol. The van der Waals surface area contributed by atoms with Crippen LogP contribution in [0.5, 0.6) is 5.75 Å². The van der Waals surface area contributed by atoms with E-state index in [1.54, 1.807) is 0 Å². The van der Waals surface area contributed by atoms with Gasteiger partial charge in [0.1, 0.15) is 12.4 Å². The van der Waals surface area contributed by atoms with Crippen molar-refractivity contribution in [3.05, 3.63) is 29.3 Å². The minimum Gasteiger partial charge on any atom is -0.492 e. The first-order valence-electron chi connectivity index (χ1n) is 8.28. The van der Waals surface area contributed by atoms with E-state index < -0.39 is 0 Å². The van der Waals surface area contributed by atoms with Crippen molar-refractivity contribution in [2.75, 3.05) is 13.7 Å². The second-order valence-electron chi connectivity index (χ2n) is 6.39. The van der Waals surface area contributed by atoms with Crippen LogP contribution in [0.1, 0.15) is 49.7 Å². The zero-order valence-electron chi connectivity index (χ0n) is 12.7. The highest BCUT2D eigenvalue weighted by molar-refractivity contribution is 5.38. The first-order valence-corrected chi connectivity index (χ1v) is 8.28. The van der Waals surface area contributed by atoms with E-state index in [0.717, 1.165) is 18.3 Å². The summed E-state index contributed by atoms with van der Waals surface area (Å²) in [6.07, 6.45) is 10.7. The number of aryl methyl sites for hydroxylation is 2. The topological polar surface area (TPSA) is 21.3 Å². The number of fused-ring (bicyclic) bond motifs is 1. The van der Waals surface area contributed by atoms with E-state index in [2.05, 4.69) is 30.6 Å². The summed E-state index contributed by atoms with van der Waals surface area (Å²) in [5, 5.41) is 3.47. The summed E-state index contributed by atoms with van der Waals surface area (Å²) < 4.78 is 6.08. The highest BCUT2D eigenvalue weighted by Gasteiger charge is 2.23. The molecule has 0 heterocycles. The van der Waals surface area contributed by atoms with Crippen LogP contribution in [0, 0.1) is 5.92 Å². The molecule has 20 heavy (non-hydrogen) atoms. The van der Waals surface area contributed by atoms with Crippen LogP contribution in [0.4, 0.5) is 0 Å². The predicted molar refractivity (Wildman–Crippen MR) is 83.4 cm³/mol. The maximum Gasteiger partial charge on any atom is 0.119 e. The third-order valence-corrected chi connectivity index (χ3v) is 5.09. The molecule has 1 aromatic carbocycles. The van der Waals surface area contributed by atoms with Crippen LogP contribution in [0.15, 0.2) is 18.2 Å². The van der Waals surface area contributed by atoms with Crippen molar-refractivity contribution in [2.45, 2.75) is 57.4 Å². The first-order chi connectivity index (χ1) is 9.86. The Morgan fingerprint density at radius 2 is 1.90 bits per heavy atom. The van der Waals surface area contributed by atoms with Crippen LogP contribution in [0.25, 0.3) is 0 Å². The number of rotatable bonds is 5. The molecule has 1 aromatic rings. The lowest BCUT2D eigenvalue weighted by Gasteiger charge is -2.30. The highest BCUT2D eigenvalue weighted by atomic mass is 16.5. The summed E-state index contributed by atoms with van der Waals surface area (Å²) in [5.41, 5.74) is 3.02. The second-order valence-corrected chi connectivity index (χ2v) is 6.39. The van der Waals surface area contributed by atoms with Crippen LogP contribution in [-0.2, 0) is 12.8 Å². The number of nitrogens with one attached hydrogen (secondary N) is 1. The van der Waals surface area contributed by atoms with Gasteiger partial charge in [0, 0.05) is 6.04 Å². The van der Waals surface area contributed by atoms with Gasteiger partial charge in [-0.15, -0.1) is 0 Å². The molecule has 1 saturated carbocycles. The van der Waals surface area contributed by atoms with Crippen LogP contribution < -0.4 is 10.1 Å². The van der Waals surface area contributed by atoms with Gasteiger partial charge in [-0.05, 0) is 68.3 Å². The molecule has 2 nitrogen and oxygen atoms in total. The summed E-state index contributed by atoms with van der Waals surface area (Å²) in [5.74, 6) is 1.85. The van der Waals surface area contributed by atoms with Gasteiger partial charge in [-0.2, -0.15) is 0 Å². The lowest BCUT2D eigenvalue weighted by Crippen LogP contribution is -2.39. The molecule has 1 unspecified atom stereocenters. The van der Waals surface area contributed by atoms with Crippen LogP contribution in [0.3, 0.4) is 0 Å². The van der Waals surface area contributed by atoms with Gasteiger partial charge in [0.15, 0.2) is 0 Å². The van der Waals surface area contributed by atoms with Gasteiger partial charge >= 0.3 is 0 Å². The zero-order valence-corrected chi connectivity index (χ0v) is 12.7. The Labute approximate surface area is 122 Å². The minimum atomic E-state index is 0.503. The molecule has 0 saturated heterocycles. The predicted octanol–water partition coefficient (Wildman–Crippen LogP) is 3.72. The average molecular weight is 273 g/mol. The molecule has 0 amide bonds. The SMILES string of the molecule is CNC(COc1ccc2c(c1)CCC2)C1CCCCC1. The zero-order chi connectivity index (χ0) is 13.8. The van der Waals surface area contributed by atoms with Crippen molar-refractivity contribution in [3.8, 4) is 5.75 Å². The van der Waals surface area contributed by atoms with E-state index >= 15 is 0 Å². The van der Waals surface area contributed by atoms with E-state index in [-0.39, 0.29) is 0 Å². The molecule has 0 aliphatic heterocycles. The fourth-order valence-electron chi connectivity index (χ4n) is 3.82. The summed E-state index contributed by atoms with van der Waals surface area (Å²) in [6.45, 7) is 0.806. The Morgan fingerprint density at radius 3 is 2.70 bits per heavy atom. The van der Waals surface area contributed by atoms with Crippen LogP contribution in [-0.4, -0.2) is 19.7 Å². The molecule has 1 fully saturated rings. The van der Waals surface area contributed by atoms with E-state index in [1.807, 2.05) is 0 Å². The summed E-state index contributed by atoms with van der Waals surface area (Å²) in [6, 6.07) is 7.17. The smallest absolute Gasteiger partial charge is 0.119 e. The largest absolute Gasteiger partial charge is 0.492 e. The van der Waals surface area contributed by atoms with Crippen molar-refractivity contribution in [2.24, 2.45) is 5.92 Å². The van der Waals surface area contributed by atoms with E-state index in [1.165, 1.54) is 62.5 Å². The van der Waals surface area contributed by atoms with Gasteiger partial charge in [-0.3, -0.25) is 0 Å². The van der Waals surface area contributed by atoms with E-state index in [9.17, 15) is 0 Å². The van der Waals surface area contributed by atoms with Gasteiger partial charge in [-0.25, -0.2) is 0 Å². The number of likely N-dealkylation sites (N-methyl/N-ethyl adjacent to an activating group) is 1. The third kappa shape index (κ3) is 3.17. The van der Waals surface area contributed by atoms with Gasteiger partial charge in [0.2, 0.25) is 0 Å². The highest BCUT2D eigenvalue weighted by Crippen LogP contribution is 2.28. The van der Waals surface area contributed by atoms with Gasteiger partial charge in [-0.1, -0.05) is 25.3 Å². The van der Waals surface area contributed by atoms with Gasteiger partial charge in [0.25, 0.3) is 0 Å². The molecule has 110 valence electrons. The molecular formula is C18H27NO. The van der Waals surface area contributed by atoms with Gasteiger partial charge < -0.3 is 10.1 Å². The fraction of sp³-hybridized carbons (Fsp3) is 0.667. The fourth-order valence-corrected chi connectivity index (χ4v) is 3.82. The standard InChI is InChI=1S/C18H27NO/c1-19-18(15-6-3-2-4-7-15)13-20-17-11-10-14-8-5-9-16(14)12-17/h10-12,15,18-19H,2-9,13H2,1H3. The molecule has 1 N–H and O–H groups in total. The second kappa shape index (κ2) is 6.62. The van der Waals surface area contributed by atoms with Crippen LogP contribution >= 0.6 is 0 Å². The van der Waals surface area contributed by atoms with Gasteiger partial charge in [0.05, 0.1) is 0 Å². The first kappa shape index (κ1) is 13.9. The summed E-state index contributed by atoms with van der Waals surface area (Å²) in [7, 11) is 2.07. The number of hydrogen-bond donors (Lipinski definition) is 1. The monoisotopic (exact) mass is 273 g/mol. The molecule has 2 heteroatoms. The molecule has 1 atom stereocenters. The van der Waals surface area contributed by atoms with Crippen molar-refractivity contribution in [3.63, 3.8) is 0 Å². The Morgan fingerprint density at radius 1 is 1.10 bits per heavy atom. The lowest BCUT2D eigenvalue weighted by molar-refractivity contribution is 0.192. The lowest BCUT2D eigenvalue weighted by atomic mass is 9.84. The molecule has 2 aliphatic carbocycles. The van der Waals surface area contributed by atoms with E-state index in [0.29, 0.717) is 6.04 Å². The number of benzene rings is 1. The molecule has 0 radical (unpaired) electrons. The molecule has 0 bridgehead atoms. The molecule has 0 spiro atoms. The van der Waals surface area contributed by atoms with E-state index in [4.69, 9.17) is 4.74 Å². The maximum atomic E-state index is 6.08. The average Bonchev–Trinajstić information content (AvgIpc) is 2.96. The maximum absolute atomic E-state index is 6.08. The molecule has 2 aliphatic rings. The summed E-state index contributed by atoms with van der Waals surface area (Å²) in [4.78, 5) is 0. The normalized spacial score (nSPS) is 20.6. The van der Waals surface area contributed by atoms with Crippen LogP contribution in [0.2, 0.25) is 0 Å². The Balaban J connectivity index is 1.57. The number of hydrogen-bond acceptors (Lipinski definition) is 2. The Bertz CT molecular complexity index is 437. The summed E-state index contributed by atoms with van der Waals surface area (Å²) >= 11 is 0. The van der Waals surface area contributed by atoms with Crippen molar-refractivity contribution >= 4 is 0 Å². The van der Waals surface area contributed by atoms with Crippen molar-refractivity contribution in [1.29, 1.82) is 0 Å². The van der Waals surface area contributed by atoms with Crippen molar-refractivity contribution in [1.82, 2.24) is 5.32 Å². The Hall–Kier alpha value is -1.02. The Kier molecular flexibility index (Phi) is 4.62.